The van der Waals surface area contributed by atoms with E-state index in [-0.39, 0.29) is 11.6 Å². The van der Waals surface area contributed by atoms with Crippen LogP contribution >= 0.6 is 0 Å². The molecule has 0 aromatic rings. The van der Waals surface area contributed by atoms with Crippen molar-refractivity contribution in [2.24, 2.45) is 0 Å². The van der Waals surface area contributed by atoms with Crippen molar-refractivity contribution in [3.05, 3.63) is 0 Å². The highest BCUT2D eigenvalue weighted by atomic mass is 16.6. The zero-order chi connectivity index (χ0) is 11.9. The second kappa shape index (κ2) is 6.83. The van der Waals surface area contributed by atoms with E-state index in [9.17, 15) is 4.79 Å². The van der Waals surface area contributed by atoms with Gasteiger partial charge in [0.15, 0.2) is 0 Å². The van der Waals surface area contributed by atoms with E-state index in [4.69, 9.17) is 4.74 Å². The molecule has 0 bridgehead atoms. The fourth-order valence-corrected chi connectivity index (χ4v) is 1.27. The van der Waals surface area contributed by atoms with Gasteiger partial charge in [-0.15, -0.1) is 0 Å². The van der Waals surface area contributed by atoms with Gasteiger partial charge in [0.2, 0.25) is 0 Å². The van der Waals surface area contributed by atoms with Crippen LogP contribution in [-0.4, -0.2) is 37.1 Å². The van der Waals surface area contributed by atoms with Crippen LogP contribution in [0.3, 0.4) is 0 Å². The van der Waals surface area contributed by atoms with Gasteiger partial charge in [0.05, 0.1) is 0 Å². The average Bonchev–Trinajstić information content (AvgIpc) is 1.99. The number of ether oxygens (including phenoxy) is 1. The molecule has 0 radical (unpaired) electrons. The minimum absolute atomic E-state index is 0.0765. The normalized spacial score (nSPS) is 11.9. The number of esters is 1. The zero-order valence-electron chi connectivity index (χ0n) is 10.8. The minimum atomic E-state index is -0.347. The Labute approximate surface area is 93.8 Å². The van der Waals surface area contributed by atoms with Gasteiger partial charge in [-0.1, -0.05) is 6.42 Å². The highest BCUT2D eigenvalue weighted by molar-refractivity contribution is 5.69. The summed E-state index contributed by atoms with van der Waals surface area (Å²) in [5.41, 5.74) is -0.347. The van der Waals surface area contributed by atoms with Crippen LogP contribution in [0.4, 0.5) is 0 Å². The molecule has 0 saturated heterocycles. The number of unbranched alkanes of at least 4 members (excludes halogenated alkanes) is 2. The molecule has 0 aromatic heterocycles. The topological polar surface area (TPSA) is 29.5 Å². The molecule has 0 heterocycles. The van der Waals surface area contributed by atoms with E-state index in [2.05, 4.69) is 19.0 Å². The van der Waals surface area contributed by atoms with Crippen molar-refractivity contribution in [1.82, 2.24) is 4.90 Å². The molecule has 3 heteroatoms. The first-order valence-electron chi connectivity index (χ1n) is 5.68. The minimum Gasteiger partial charge on any atom is -0.460 e. The Morgan fingerprint density at radius 1 is 1.13 bits per heavy atom. The third-order valence-electron chi connectivity index (χ3n) is 1.91. The fraction of sp³-hybridized carbons (Fsp3) is 0.917. The van der Waals surface area contributed by atoms with E-state index in [0.29, 0.717) is 6.42 Å². The Kier molecular flexibility index (Phi) is 6.57. The third-order valence-corrected chi connectivity index (χ3v) is 1.91. The molecular formula is C12H25NO2. The second-order valence-electron chi connectivity index (χ2n) is 5.20. The molecule has 0 saturated carbocycles. The highest BCUT2D eigenvalue weighted by Gasteiger charge is 2.15. The molecule has 15 heavy (non-hydrogen) atoms. The van der Waals surface area contributed by atoms with Crippen LogP contribution in [0.2, 0.25) is 0 Å². The first kappa shape index (κ1) is 14.4. The number of carbonyl (C=O) groups excluding carboxylic acids is 1. The van der Waals surface area contributed by atoms with Gasteiger partial charge in [0, 0.05) is 6.42 Å². The predicted molar refractivity (Wildman–Crippen MR) is 62.9 cm³/mol. The third kappa shape index (κ3) is 11.4. The maximum Gasteiger partial charge on any atom is 0.306 e. The standard InChI is InChI=1S/C12H25NO2/c1-12(2,3)15-11(14)9-7-6-8-10-13(4)5/h6-10H2,1-5H3. The Morgan fingerprint density at radius 3 is 2.20 bits per heavy atom. The van der Waals surface area contributed by atoms with E-state index in [1.54, 1.807) is 0 Å². The molecule has 0 amide bonds. The lowest BCUT2D eigenvalue weighted by Crippen LogP contribution is -2.23. The van der Waals surface area contributed by atoms with Crippen LogP contribution in [0, 0.1) is 0 Å². The lowest BCUT2D eigenvalue weighted by Gasteiger charge is -2.19. The summed E-state index contributed by atoms with van der Waals surface area (Å²) in [6.07, 6.45) is 3.72. The number of rotatable bonds is 6. The lowest BCUT2D eigenvalue weighted by molar-refractivity contribution is -0.154. The quantitative estimate of drug-likeness (QED) is 0.503. The van der Waals surface area contributed by atoms with Gasteiger partial charge in [-0.3, -0.25) is 4.79 Å². The molecule has 0 N–H and O–H groups in total. The SMILES string of the molecule is CN(C)CCCCCC(=O)OC(C)(C)C. The molecule has 0 aliphatic rings. The summed E-state index contributed by atoms with van der Waals surface area (Å²) in [5, 5.41) is 0. The summed E-state index contributed by atoms with van der Waals surface area (Å²) in [6.45, 7) is 6.79. The molecule has 0 fully saturated rings. The predicted octanol–water partition coefficient (Wildman–Crippen LogP) is 2.45. The number of hydrogen-bond donors (Lipinski definition) is 0. The van der Waals surface area contributed by atoms with E-state index in [0.717, 1.165) is 25.8 Å². The molecule has 0 spiro atoms. The molecular weight excluding hydrogens is 190 g/mol. The van der Waals surface area contributed by atoms with E-state index in [1.807, 2.05) is 20.8 Å². The summed E-state index contributed by atoms with van der Waals surface area (Å²) in [4.78, 5) is 13.5. The van der Waals surface area contributed by atoms with Gasteiger partial charge in [0.1, 0.15) is 5.60 Å². The molecule has 90 valence electrons. The first-order chi connectivity index (χ1) is 6.81. The van der Waals surface area contributed by atoms with Gasteiger partial charge in [0.25, 0.3) is 0 Å². The summed E-state index contributed by atoms with van der Waals surface area (Å²) in [5.74, 6) is -0.0765. The summed E-state index contributed by atoms with van der Waals surface area (Å²) >= 11 is 0. The summed E-state index contributed by atoms with van der Waals surface area (Å²) in [7, 11) is 4.13. The van der Waals surface area contributed by atoms with Crippen molar-refractivity contribution in [1.29, 1.82) is 0 Å². The Hall–Kier alpha value is -0.570. The maximum atomic E-state index is 11.3. The van der Waals surface area contributed by atoms with Crippen LogP contribution < -0.4 is 0 Å². The molecule has 0 atom stereocenters. The molecule has 3 nitrogen and oxygen atoms in total. The largest absolute Gasteiger partial charge is 0.460 e. The zero-order valence-corrected chi connectivity index (χ0v) is 10.8. The Balaban J connectivity index is 3.40. The Bertz CT molecular complexity index is 183. The van der Waals surface area contributed by atoms with Crippen molar-refractivity contribution in [3.8, 4) is 0 Å². The lowest BCUT2D eigenvalue weighted by atomic mass is 10.1. The van der Waals surface area contributed by atoms with Crippen molar-refractivity contribution in [2.75, 3.05) is 20.6 Å². The van der Waals surface area contributed by atoms with Crippen LogP contribution in [0.25, 0.3) is 0 Å². The molecule has 0 unspecified atom stereocenters. The van der Waals surface area contributed by atoms with Crippen molar-refractivity contribution >= 4 is 5.97 Å². The van der Waals surface area contributed by atoms with Gasteiger partial charge in [-0.2, -0.15) is 0 Å². The van der Waals surface area contributed by atoms with Crippen molar-refractivity contribution < 1.29 is 9.53 Å². The maximum absolute atomic E-state index is 11.3. The summed E-state index contributed by atoms with van der Waals surface area (Å²) in [6, 6.07) is 0. The first-order valence-corrected chi connectivity index (χ1v) is 5.68. The van der Waals surface area contributed by atoms with E-state index >= 15 is 0 Å². The smallest absolute Gasteiger partial charge is 0.306 e. The van der Waals surface area contributed by atoms with Crippen LogP contribution in [0.5, 0.6) is 0 Å². The summed E-state index contributed by atoms with van der Waals surface area (Å²) < 4.78 is 5.22. The van der Waals surface area contributed by atoms with Crippen molar-refractivity contribution in [2.45, 2.75) is 52.1 Å². The second-order valence-corrected chi connectivity index (χ2v) is 5.20. The van der Waals surface area contributed by atoms with E-state index in [1.165, 1.54) is 0 Å². The number of hydrogen-bond acceptors (Lipinski definition) is 3. The van der Waals surface area contributed by atoms with Gasteiger partial charge >= 0.3 is 5.97 Å². The monoisotopic (exact) mass is 215 g/mol. The number of nitrogens with zero attached hydrogens (tertiary/aromatic N) is 1. The van der Waals surface area contributed by atoms with E-state index < -0.39 is 0 Å². The fourth-order valence-electron chi connectivity index (χ4n) is 1.27. The number of carbonyl (C=O) groups is 1. The Morgan fingerprint density at radius 2 is 1.73 bits per heavy atom. The van der Waals surface area contributed by atoms with Crippen LogP contribution in [-0.2, 0) is 9.53 Å². The van der Waals surface area contributed by atoms with Crippen LogP contribution in [0.15, 0.2) is 0 Å². The van der Waals surface area contributed by atoms with Crippen molar-refractivity contribution in [3.63, 3.8) is 0 Å². The van der Waals surface area contributed by atoms with Crippen LogP contribution in [0.1, 0.15) is 46.5 Å². The highest BCUT2D eigenvalue weighted by Crippen LogP contribution is 2.10. The van der Waals surface area contributed by atoms with Gasteiger partial charge in [-0.05, 0) is 54.3 Å². The molecule has 0 aliphatic carbocycles. The van der Waals surface area contributed by atoms with Gasteiger partial charge in [-0.25, -0.2) is 0 Å². The average molecular weight is 215 g/mol. The molecule has 0 aliphatic heterocycles. The molecule has 0 rings (SSSR count). The molecule has 0 aromatic carbocycles. The van der Waals surface area contributed by atoms with Gasteiger partial charge < -0.3 is 9.64 Å².